The maximum Gasteiger partial charge on any atom is 0.188 e. The molecule has 0 atom stereocenters. The van der Waals surface area contributed by atoms with Gasteiger partial charge in [0.2, 0.25) is 0 Å². The van der Waals surface area contributed by atoms with Crippen LogP contribution in [-0.4, -0.2) is 19.6 Å². The summed E-state index contributed by atoms with van der Waals surface area (Å²) in [6, 6.07) is 5.84. The molecule has 0 bridgehead atoms. The van der Waals surface area contributed by atoms with Gasteiger partial charge in [0, 0.05) is 11.0 Å². The Morgan fingerprint density at radius 1 is 1.53 bits per heavy atom. The molecule has 19 heavy (non-hydrogen) atoms. The maximum absolute atomic E-state index is 5.86. The maximum atomic E-state index is 5.86. The molecule has 104 valence electrons. The van der Waals surface area contributed by atoms with E-state index in [1.807, 2.05) is 18.2 Å². The number of halogens is 1. The standard InChI is InChI=1S/C14H20BrN3O/c1-19-12-5-6-13(15)11(7-12)9-18-14(16)17-8-10-3-2-4-10/h5-7,10H,2-4,8-9H2,1H3,(H3,16,17,18). The summed E-state index contributed by atoms with van der Waals surface area (Å²) in [5.41, 5.74) is 6.92. The van der Waals surface area contributed by atoms with Gasteiger partial charge in [0.1, 0.15) is 5.75 Å². The topological polar surface area (TPSA) is 59.6 Å². The highest BCUT2D eigenvalue weighted by Gasteiger charge is 2.16. The van der Waals surface area contributed by atoms with E-state index in [4.69, 9.17) is 10.5 Å². The molecule has 1 aromatic rings. The van der Waals surface area contributed by atoms with Crippen LogP contribution in [0.25, 0.3) is 0 Å². The quantitative estimate of drug-likeness (QED) is 0.646. The number of hydrogen-bond donors (Lipinski definition) is 2. The predicted molar refractivity (Wildman–Crippen MR) is 81.4 cm³/mol. The van der Waals surface area contributed by atoms with Gasteiger partial charge in [0.15, 0.2) is 5.96 Å². The summed E-state index contributed by atoms with van der Waals surface area (Å²) in [6.45, 7) is 1.48. The molecule has 0 saturated heterocycles. The molecular weight excluding hydrogens is 306 g/mol. The molecule has 3 N–H and O–H groups in total. The summed E-state index contributed by atoms with van der Waals surface area (Å²) in [5.74, 6) is 2.12. The van der Waals surface area contributed by atoms with Crippen molar-refractivity contribution in [1.82, 2.24) is 5.32 Å². The smallest absolute Gasteiger partial charge is 0.188 e. The van der Waals surface area contributed by atoms with Gasteiger partial charge in [-0.1, -0.05) is 22.4 Å². The number of nitrogens with one attached hydrogen (secondary N) is 1. The van der Waals surface area contributed by atoms with Crippen LogP contribution in [0.15, 0.2) is 27.7 Å². The molecule has 1 aliphatic rings. The Bertz CT molecular complexity index is 458. The number of ether oxygens (including phenoxy) is 1. The molecule has 4 nitrogen and oxygen atoms in total. The van der Waals surface area contributed by atoms with E-state index in [0.29, 0.717) is 12.5 Å². The Hall–Kier alpha value is -1.23. The number of nitrogens with two attached hydrogens (primary N) is 1. The normalized spacial score (nSPS) is 16.0. The van der Waals surface area contributed by atoms with Crippen molar-refractivity contribution in [3.8, 4) is 5.75 Å². The second-order valence-corrected chi connectivity index (χ2v) is 5.69. The molecule has 0 amide bonds. The van der Waals surface area contributed by atoms with E-state index in [0.717, 1.165) is 28.2 Å². The Morgan fingerprint density at radius 3 is 2.95 bits per heavy atom. The summed E-state index contributed by atoms with van der Waals surface area (Å²) in [5, 5.41) is 3.18. The highest BCUT2D eigenvalue weighted by molar-refractivity contribution is 9.10. The number of hydrogen-bond acceptors (Lipinski definition) is 2. The van der Waals surface area contributed by atoms with Crippen LogP contribution in [0.5, 0.6) is 5.75 Å². The summed E-state index contributed by atoms with van der Waals surface area (Å²) >= 11 is 3.51. The molecule has 0 spiro atoms. The minimum atomic E-state index is 0.515. The van der Waals surface area contributed by atoms with Crippen LogP contribution in [0.1, 0.15) is 24.8 Å². The van der Waals surface area contributed by atoms with E-state index >= 15 is 0 Å². The number of aliphatic imine (C=N–C) groups is 1. The van der Waals surface area contributed by atoms with Crippen molar-refractivity contribution in [2.75, 3.05) is 13.7 Å². The average Bonchev–Trinajstić information content (AvgIpc) is 2.36. The predicted octanol–water partition coefficient (Wildman–Crippen LogP) is 2.66. The fourth-order valence-electron chi connectivity index (χ4n) is 1.97. The van der Waals surface area contributed by atoms with Gasteiger partial charge in [-0.15, -0.1) is 0 Å². The van der Waals surface area contributed by atoms with Crippen molar-refractivity contribution in [2.24, 2.45) is 16.6 Å². The van der Waals surface area contributed by atoms with E-state index in [-0.39, 0.29) is 0 Å². The van der Waals surface area contributed by atoms with Crippen molar-refractivity contribution in [3.05, 3.63) is 28.2 Å². The number of nitrogens with zero attached hydrogens (tertiary/aromatic N) is 1. The SMILES string of the molecule is COc1ccc(Br)c(CN=C(N)NCC2CCC2)c1. The van der Waals surface area contributed by atoms with Crippen LogP contribution in [0.2, 0.25) is 0 Å². The highest BCUT2D eigenvalue weighted by Crippen LogP contribution is 2.25. The van der Waals surface area contributed by atoms with Crippen LogP contribution in [0.4, 0.5) is 0 Å². The van der Waals surface area contributed by atoms with E-state index in [2.05, 4.69) is 26.2 Å². The van der Waals surface area contributed by atoms with Crippen LogP contribution in [-0.2, 0) is 6.54 Å². The van der Waals surface area contributed by atoms with Crippen LogP contribution >= 0.6 is 15.9 Å². The van der Waals surface area contributed by atoms with Gasteiger partial charge >= 0.3 is 0 Å². The van der Waals surface area contributed by atoms with Gasteiger partial charge in [0.25, 0.3) is 0 Å². The first kappa shape index (κ1) is 14.2. The number of rotatable bonds is 5. The fraction of sp³-hybridized carbons (Fsp3) is 0.500. The Morgan fingerprint density at radius 2 is 2.32 bits per heavy atom. The van der Waals surface area contributed by atoms with E-state index in [9.17, 15) is 0 Å². The lowest BCUT2D eigenvalue weighted by Crippen LogP contribution is -2.37. The molecular formula is C14H20BrN3O. The monoisotopic (exact) mass is 325 g/mol. The van der Waals surface area contributed by atoms with Crippen molar-refractivity contribution < 1.29 is 4.74 Å². The summed E-state index contributed by atoms with van der Waals surface area (Å²) in [4.78, 5) is 4.36. The molecule has 5 heteroatoms. The Balaban J connectivity index is 1.88. The third kappa shape index (κ3) is 4.13. The van der Waals surface area contributed by atoms with E-state index in [1.165, 1.54) is 19.3 Å². The minimum absolute atomic E-state index is 0.515. The molecule has 1 saturated carbocycles. The second-order valence-electron chi connectivity index (χ2n) is 4.84. The van der Waals surface area contributed by atoms with Crippen molar-refractivity contribution in [2.45, 2.75) is 25.8 Å². The van der Waals surface area contributed by atoms with Crippen LogP contribution in [0, 0.1) is 5.92 Å². The van der Waals surface area contributed by atoms with Crippen molar-refractivity contribution in [3.63, 3.8) is 0 Å². The van der Waals surface area contributed by atoms with Gasteiger partial charge in [0.05, 0.1) is 13.7 Å². The molecule has 2 rings (SSSR count). The lowest BCUT2D eigenvalue weighted by Gasteiger charge is -2.25. The summed E-state index contributed by atoms with van der Waals surface area (Å²) in [6.07, 6.45) is 3.96. The van der Waals surface area contributed by atoms with Crippen molar-refractivity contribution in [1.29, 1.82) is 0 Å². The molecule has 1 fully saturated rings. The molecule has 0 unspecified atom stereocenters. The van der Waals surface area contributed by atoms with Crippen LogP contribution < -0.4 is 15.8 Å². The first-order valence-electron chi connectivity index (χ1n) is 6.55. The zero-order chi connectivity index (χ0) is 13.7. The van der Waals surface area contributed by atoms with Gasteiger partial charge < -0.3 is 15.8 Å². The fourth-order valence-corrected chi connectivity index (χ4v) is 2.34. The lowest BCUT2D eigenvalue weighted by molar-refractivity contribution is 0.315. The lowest BCUT2D eigenvalue weighted by atomic mass is 9.85. The van der Waals surface area contributed by atoms with Gasteiger partial charge in [-0.2, -0.15) is 0 Å². The molecule has 1 aliphatic carbocycles. The average molecular weight is 326 g/mol. The first-order chi connectivity index (χ1) is 9.19. The zero-order valence-electron chi connectivity index (χ0n) is 11.2. The zero-order valence-corrected chi connectivity index (χ0v) is 12.7. The molecule has 0 aliphatic heterocycles. The summed E-state index contributed by atoms with van der Waals surface area (Å²) in [7, 11) is 1.66. The van der Waals surface area contributed by atoms with Crippen LogP contribution in [0.3, 0.4) is 0 Å². The largest absolute Gasteiger partial charge is 0.497 e. The molecule has 0 aromatic heterocycles. The van der Waals surface area contributed by atoms with Gasteiger partial charge in [-0.3, -0.25) is 0 Å². The van der Waals surface area contributed by atoms with Crippen molar-refractivity contribution >= 4 is 21.9 Å². The minimum Gasteiger partial charge on any atom is -0.497 e. The highest BCUT2D eigenvalue weighted by atomic mass is 79.9. The molecule has 1 aromatic carbocycles. The molecule has 0 radical (unpaired) electrons. The van der Waals surface area contributed by atoms with E-state index < -0.39 is 0 Å². The third-order valence-corrected chi connectivity index (χ3v) is 4.24. The second kappa shape index (κ2) is 6.80. The Kier molecular flexibility index (Phi) is 5.07. The van der Waals surface area contributed by atoms with Gasteiger partial charge in [-0.25, -0.2) is 4.99 Å². The van der Waals surface area contributed by atoms with E-state index in [1.54, 1.807) is 7.11 Å². The number of benzene rings is 1. The van der Waals surface area contributed by atoms with Gasteiger partial charge in [-0.05, 0) is 42.5 Å². The number of guanidine groups is 1. The third-order valence-electron chi connectivity index (χ3n) is 3.47. The molecule has 0 heterocycles. The number of methoxy groups -OCH3 is 1. The first-order valence-corrected chi connectivity index (χ1v) is 7.34. The summed E-state index contributed by atoms with van der Waals surface area (Å²) < 4.78 is 6.22. The Labute approximate surface area is 122 Å².